The summed E-state index contributed by atoms with van der Waals surface area (Å²) in [5.74, 6) is -0.861. The van der Waals surface area contributed by atoms with Crippen LogP contribution < -0.4 is 0 Å². The van der Waals surface area contributed by atoms with Crippen molar-refractivity contribution in [2.45, 2.75) is 26.4 Å². The fraction of sp³-hybridized carbons (Fsp3) is 0.350. The van der Waals surface area contributed by atoms with Crippen LogP contribution in [0.3, 0.4) is 0 Å². The van der Waals surface area contributed by atoms with Crippen molar-refractivity contribution in [3.8, 4) is 0 Å². The summed E-state index contributed by atoms with van der Waals surface area (Å²) in [6.45, 7) is 1.86. The fourth-order valence-corrected chi connectivity index (χ4v) is 2.27. The highest BCUT2D eigenvalue weighted by molar-refractivity contribution is 5.65. The molecule has 0 bridgehead atoms. The summed E-state index contributed by atoms with van der Waals surface area (Å²) in [4.78, 5) is 11.1. The van der Waals surface area contributed by atoms with E-state index in [1.807, 2.05) is 60.7 Å². The lowest BCUT2D eigenvalue weighted by Crippen LogP contribution is -2.33. The van der Waals surface area contributed by atoms with E-state index in [0.717, 1.165) is 11.1 Å². The van der Waals surface area contributed by atoms with E-state index in [1.165, 1.54) is 6.92 Å². The second-order valence-corrected chi connectivity index (χ2v) is 5.71. The summed E-state index contributed by atoms with van der Waals surface area (Å²) in [6.07, 6.45) is -0.690. The van der Waals surface area contributed by atoms with E-state index in [4.69, 9.17) is 14.2 Å². The highest BCUT2D eigenvalue weighted by atomic mass is 16.7. The van der Waals surface area contributed by atoms with Crippen LogP contribution in [0.25, 0.3) is 0 Å². The van der Waals surface area contributed by atoms with Gasteiger partial charge in [0.15, 0.2) is 6.29 Å². The number of carbonyl (C=O) groups is 1. The first kappa shape index (κ1) is 19.1. The van der Waals surface area contributed by atoms with Crippen molar-refractivity contribution in [3.05, 3.63) is 71.8 Å². The molecule has 2 aromatic carbocycles. The fourth-order valence-electron chi connectivity index (χ4n) is 2.27. The maximum Gasteiger partial charge on any atom is 0.302 e. The van der Waals surface area contributed by atoms with Crippen LogP contribution >= 0.6 is 0 Å². The molecule has 0 aromatic heterocycles. The van der Waals surface area contributed by atoms with E-state index in [-0.39, 0.29) is 13.2 Å². The minimum atomic E-state index is -0.690. The van der Waals surface area contributed by atoms with Gasteiger partial charge in [-0.3, -0.25) is 4.79 Å². The van der Waals surface area contributed by atoms with E-state index in [2.05, 4.69) is 0 Å². The second kappa shape index (κ2) is 10.6. The van der Waals surface area contributed by atoms with E-state index >= 15 is 0 Å². The molecule has 1 N–H and O–H groups in total. The van der Waals surface area contributed by atoms with Gasteiger partial charge < -0.3 is 19.3 Å². The summed E-state index contributed by atoms with van der Waals surface area (Å²) in [5, 5.41) is 9.65. The summed E-state index contributed by atoms with van der Waals surface area (Å²) in [5.41, 5.74) is 2.00. The summed E-state index contributed by atoms with van der Waals surface area (Å²) in [7, 11) is 0. The van der Waals surface area contributed by atoms with Gasteiger partial charge in [0.2, 0.25) is 0 Å². The minimum Gasteiger partial charge on any atom is -0.465 e. The zero-order chi connectivity index (χ0) is 17.9. The normalized spacial score (nSPS) is 12.1. The Labute approximate surface area is 148 Å². The van der Waals surface area contributed by atoms with Gasteiger partial charge in [0, 0.05) is 6.92 Å². The standard InChI is InChI=1S/C20H24O5/c1-16(22)23-15-19(12-21)20(24-13-17-8-4-2-5-9-17)25-14-18-10-6-3-7-11-18/h2-11,19-21H,12-15H2,1H3. The summed E-state index contributed by atoms with van der Waals surface area (Å²) < 4.78 is 16.7. The average Bonchev–Trinajstić information content (AvgIpc) is 2.65. The quantitative estimate of drug-likeness (QED) is 0.530. The first-order valence-corrected chi connectivity index (χ1v) is 8.24. The molecule has 1 atom stereocenters. The van der Waals surface area contributed by atoms with Crippen LogP contribution in [0.5, 0.6) is 0 Å². The Morgan fingerprint density at radius 1 is 0.920 bits per heavy atom. The molecule has 0 aliphatic carbocycles. The zero-order valence-corrected chi connectivity index (χ0v) is 14.3. The van der Waals surface area contributed by atoms with Crippen LogP contribution in [-0.2, 0) is 32.2 Å². The monoisotopic (exact) mass is 344 g/mol. The minimum absolute atomic E-state index is 0.0417. The molecule has 0 spiro atoms. The predicted octanol–water partition coefficient (Wildman–Crippen LogP) is 2.92. The molecule has 2 rings (SSSR count). The average molecular weight is 344 g/mol. The zero-order valence-electron chi connectivity index (χ0n) is 14.3. The molecule has 2 aromatic rings. The third kappa shape index (κ3) is 7.05. The Morgan fingerprint density at radius 3 is 1.80 bits per heavy atom. The van der Waals surface area contributed by atoms with Gasteiger partial charge in [-0.1, -0.05) is 60.7 Å². The van der Waals surface area contributed by atoms with E-state index in [1.54, 1.807) is 0 Å². The number of hydrogen-bond acceptors (Lipinski definition) is 5. The number of carbonyl (C=O) groups excluding carboxylic acids is 1. The number of benzene rings is 2. The Morgan fingerprint density at radius 2 is 1.40 bits per heavy atom. The van der Waals surface area contributed by atoms with Gasteiger partial charge in [0.1, 0.15) is 6.61 Å². The van der Waals surface area contributed by atoms with Crippen molar-refractivity contribution >= 4 is 5.97 Å². The molecule has 0 aliphatic rings. The van der Waals surface area contributed by atoms with Crippen LogP contribution in [-0.4, -0.2) is 30.6 Å². The Balaban J connectivity index is 1.99. The molecule has 1 unspecified atom stereocenters. The van der Waals surface area contributed by atoms with Gasteiger partial charge in [0.25, 0.3) is 0 Å². The Kier molecular flexibility index (Phi) is 8.12. The van der Waals surface area contributed by atoms with Crippen molar-refractivity contribution in [1.82, 2.24) is 0 Å². The molecule has 0 aliphatic heterocycles. The van der Waals surface area contributed by atoms with Crippen LogP contribution in [0.1, 0.15) is 18.1 Å². The van der Waals surface area contributed by atoms with Crippen molar-refractivity contribution < 1.29 is 24.1 Å². The molecular formula is C20H24O5. The highest BCUT2D eigenvalue weighted by Crippen LogP contribution is 2.16. The van der Waals surface area contributed by atoms with Gasteiger partial charge in [-0.05, 0) is 11.1 Å². The number of aliphatic hydroxyl groups is 1. The number of hydrogen-bond donors (Lipinski definition) is 1. The second-order valence-electron chi connectivity index (χ2n) is 5.71. The maximum atomic E-state index is 11.1. The lowest BCUT2D eigenvalue weighted by molar-refractivity contribution is -0.202. The van der Waals surface area contributed by atoms with Crippen LogP contribution in [0.15, 0.2) is 60.7 Å². The molecule has 0 saturated carbocycles. The van der Waals surface area contributed by atoms with Crippen LogP contribution in [0.2, 0.25) is 0 Å². The van der Waals surface area contributed by atoms with E-state index in [9.17, 15) is 9.90 Å². The maximum absolute atomic E-state index is 11.1. The van der Waals surface area contributed by atoms with Gasteiger partial charge >= 0.3 is 5.97 Å². The predicted molar refractivity (Wildman–Crippen MR) is 93.5 cm³/mol. The Hall–Kier alpha value is -2.21. The molecule has 0 fully saturated rings. The third-order valence-corrected chi connectivity index (χ3v) is 3.63. The molecule has 0 amide bonds. The molecule has 0 radical (unpaired) electrons. The largest absolute Gasteiger partial charge is 0.465 e. The van der Waals surface area contributed by atoms with Gasteiger partial charge in [0.05, 0.1) is 25.7 Å². The van der Waals surface area contributed by atoms with Crippen molar-refractivity contribution in [2.75, 3.05) is 13.2 Å². The smallest absolute Gasteiger partial charge is 0.302 e. The molecule has 5 nitrogen and oxygen atoms in total. The molecule has 0 heterocycles. The molecule has 0 saturated heterocycles. The Bertz CT molecular complexity index is 571. The van der Waals surface area contributed by atoms with Crippen LogP contribution in [0, 0.1) is 5.92 Å². The lowest BCUT2D eigenvalue weighted by Gasteiger charge is -2.26. The van der Waals surface area contributed by atoms with Crippen molar-refractivity contribution in [3.63, 3.8) is 0 Å². The molecule has 25 heavy (non-hydrogen) atoms. The van der Waals surface area contributed by atoms with Crippen molar-refractivity contribution in [1.29, 1.82) is 0 Å². The highest BCUT2D eigenvalue weighted by Gasteiger charge is 2.24. The number of esters is 1. The van der Waals surface area contributed by atoms with Gasteiger partial charge in [-0.2, -0.15) is 0 Å². The molecule has 134 valence electrons. The van der Waals surface area contributed by atoms with Crippen LogP contribution in [0.4, 0.5) is 0 Å². The number of rotatable bonds is 10. The first-order valence-electron chi connectivity index (χ1n) is 8.24. The van der Waals surface area contributed by atoms with Gasteiger partial charge in [-0.25, -0.2) is 0 Å². The SMILES string of the molecule is CC(=O)OCC(CO)C(OCc1ccccc1)OCc1ccccc1. The number of aliphatic hydroxyl groups excluding tert-OH is 1. The van der Waals surface area contributed by atoms with E-state index < -0.39 is 18.2 Å². The molecule has 5 heteroatoms. The van der Waals surface area contributed by atoms with Gasteiger partial charge in [-0.15, -0.1) is 0 Å². The third-order valence-electron chi connectivity index (χ3n) is 3.63. The lowest BCUT2D eigenvalue weighted by atomic mass is 10.1. The summed E-state index contributed by atoms with van der Waals surface area (Å²) >= 11 is 0. The van der Waals surface area contributed by atoms with E-state index in [0.29, 0.717) is 13.2 Å². The summed E-state index contributed by atoms with van der Waals surface area (Å²) in [6, 6.07) is 19.4. The first-order chi connectivity index (χ1) is 12.2. The number of ether oxygens (including phenoxy) is 3. The van der Waals surface area contributed by atoms with Crippen molar-refractivity contribution in [2.24, 2.45) is 5.92 Å². The molecular weight excluding hydrogens is 320 g/mol. The topological polar surface area (TPSA) is 65.0 Å².